The summed E-state index contributed by atoms with van der Waals surface area (Å²) in [6.07, 6.45) is 2.89. The molecule has 1 atom stereocenters. The van der Waals surface area contributed by atoms with Gasteiger partial charge in [0.1, 0.15) is 0 Å². The van der Waals surface area contributed by atoms with Crippen LogP contribution < -0.4 is 4.90 Å². The molecule has 0 aliphatic carbocycles. The number of rotatable bonds is 5. The Balaban J connectivity index is 1.48. The SMILES string of the molecule is Cc1ccc(N2CCC[C@@H](N(C)CCC(=O)N3CCOCC3)C2)nn1. The molecule has 0 saturated carbocycles. The van der Waals surface area contributed by atoms with Crippen LogP contribution in [0.3, 0.4) is 0 Å². The number of likely N-dealkylation sites (N-methyl/N-ethyl adjacent to an activating group) is 1. The van der Waals surface area contributed by atoms with E-state index in [4.69, 9.17) is 4.74 Å². The predicted octanol–water partition coefficient (Wildman–Crippen LogP) is 0.935. The van der Waals surface area contributed by atoms with Gasteiger partial charge in [0, 0.05) is 45.2 Å². The molecule has 2 aliphatic rings. The third-order valence-corrected chi connectivity index (χ3v) is 5.17. The molecule has 2 saturated heterocycles. The summed E-state index contributed by atoms with van der Waals surface area (Å²) in [5.41, 5.74) is 0.941. The number of amides is 1. The smallest absolute Gasteiger partial charge is 0.224 e. The second-order valence-corrected chi connectivity index (χ2v) is 7.00. The minimum absolute atomic E-state index is 0.243. The van der Waals surface area contributed by atoms with Gasteiger partial charge >= 0.3 is 0 Å². The molecular weight excluding hydrogens is 318 g/mol. The fraction of sp³-hybridized carbons (Fsp3) is 0.722. The summed E-state index contributed by atoms with van der Waals surface area (Å²) in [5.74, 6) is 1.19. The highest BCUT2D eigenvalue weighted by molar-refractivity contribution is 5.76. The Kier molecular flexibility index (Phi) is 6.20. The molecule has 3 rings (SSSR count). The minimum atomic E-state index is 0.243. The zero-order chi connectivity index (χ0) is 17.6. The molecule has 7 heteroatoms. The second-order valence-electron chi connectivity index (χ2n) is 7.00. The molecule has 3 heterocycles. The van der Waals surface area contributed by atoms with E-state index in [0.29, 0.717) is 25.7 Å². The number of aromatic nitrogens is 2. The quantitative estimate of drug-likeness (QED) is 0.790. The third kappa shape index (κ3) is 4.89. The zero-order valence-electron chi connectivity index (χ0n) is 15.4. The van der Waals surface area contributed by atoms with E-state index >= 15 is 0 Å². The van der Waals surface area contributed by atoms with Crippen molar-refractivity contribution in [2.75, 3.05) is 57.9 Å². The largest absolute Gasteiger partial charge is 0.378 e. The number of carbonyl (C=O) groups excluding carboxylic acids is 1. The molecule has 2 aliphatic heterocycles. The molecule has 0 aromatic carbocycles. The summed E-state index contributed by atoms with van der Waals surface area (Å²) in [6.45, 7) is 7.50. The molecule has 25 heavy (non-hydrogen) atoms. The van der Waals surface area contributed by atoms with Crippen LogP contribution >= 0.6 is 0 Å². The van der Waals surface area contributed by atoms with Crippen molar-refractivity contribution < 1.29 is 9.53 Å². The molecule has 0 radical (unpaired) electrons. The molecule has 1 amide bonds. The highest BCUT2D eigenvalue weighted by atomic mass is 16.5. The number of carbonyl (C=O) groups is 1. The van der Waals surface area contributed by atoms with Gasteiger partial charge in [0.2, 0.25) is 5.91 Å². The number of nitrogens with zero attached hydrogens (tertiary/aromatic N) is 5. The van der Waals surface area contributed by atoms with Crippen LogP contribution in [0.2, 0.25) is 0 Å². The Hall–Kier alpha value is -1.73. The number of ether oxygens (including phenoxy) is 1. The van der Waals surface area contributed by atoms with Crippen LogP contribution in [0.15, 0.2) is 12.1 Å². The van der Waals surface area contributed by atoms with Gasteiger partial charge in [0.15, 0.2) is 5.82 Å². The van der Waals surface area contributed by atoms with E-state index in [2.05, 4.69) is 27.0 Å². The van der Waals surface area contributed by atoms with Gasteiger partial charge in [-0.1, -0.05) is 0 Å². The van der Waals surface area contributed by atoms with Crippen LogP contribution in [-0.4, -0.2) is 84.9 Å². The molecule has 2 fully saturated rings. The average molecular weight is 347 g/mol. The maximum atomic E-state index is 12.3. The highest BCUT2D eigenvalue weighted by Crippen LogP contribution is 2.20. The fourth-order valence-corrected chi connectivity index (χ4v) is 3.51. The molecule has 1 aromatic heterocycles. The van der Waals surface area contributed by atoms with Crippen LogP contribution in [0, 0.1) is 6.92 Å². The van der Waals surface area contributed by atoms with E-state index in [0.717, 1.165) is 57.1 Å². The Morgan fingerprint density at radius 2 is 2.08 bits per heavy atom. The number of aryl methyl sites for hydroxylation is 1. The molecule has 7 nitrogen and oxygen atoms in total. The van der Waals surface area contributed by atoms with Crippen LogP contribution in [-0.2, 0) is 9.53 Å². The Morgan fingerprint density at radius 1 is 1.28 bits per heavy atom. The number of anilines is 1. The van der Waals surface area contributed by atoms with Gasteiger partial charge < -0.3 is 19.4 Å². The zero-order valence-corrected chi connectivity index (χ0v) is 15.4. The van der Waals surface area contributed by atoms with Gasteiger partial charge in [-0.15, -0.1) is 5.10 Å². The van der Waals surface area contributed by atoms with E-state index < -0.39 is 0 Å². The number of morpholine rings is 1. The monoisotopic (exact) mass is 347 g/mol. The Bertz CT molecular complexity index is 559. The number of hydrogen-bond acceptors (Lipinski definition) is 6. The molecule has 0 spiro atoms. The summed E-state index contributed by atoms with van der Waals surface area (Å²) >= 11 is 0. The van der Waals surface area contributed by atoms with Crippen molar-refractivity contribution in [3.8, 4) is 0 Å². The summed E-state index contributed by atoms with van der Waals surface area (Å²) in [7, 11) is 2.13. The van der Waals surface area contributed by atoms with Crippen molar-refractivity contribution in [2.24, 2.45) is 0 Å². The molecule has 0 N–H and O–H groups in total. The lowest BCUT2D eigenvalue weighted by Crippen LogP contribution is -2.48. The average Bonchev–Trinajstić information content (AvgIpc) is 2.67. The van der Waals surface area contributed by atoms with Crippen LogP contribution in [0.1, 0.15) is 25.0 Å². The van der Waals surface area contributed by atoms with Crippen molar-refractivity contribution in [2.45, 2.75) is 32.2 Å². The first-order valence-corrected chi connectivity index (χ1v) is 9.24. The molecule has 0 bridgehead atoms. The van der Waals surface area contributed by atoms with Gasteiger partial charge in [0.05, 0.1) is 18.9 Å². The predicted molar refractivity (Wildman–Crippen MR) is 96.7 cm³/mol. The lowest BCUT2D eigenvalue weighted by Gasteiger charge is -2.38. The van der Waals surface area contributed by atoms with Crippen LogP contribution in [0.25, 0.3) is 0 Å². The summed E-state index contributed by atoms with van der Waals surface area (Å²) in [6, 6.07) is 4.51. The van der Waals surface area contributed by atoms with Crippen molar-refractivity contribution in [3.05, 3.63) is 17.8 Å². The third-order valence-electron chi connectivity index (χ3n) is 5.17. The van der Waals surface area contributed by atoms with E-state index in [-0.39, 0.29) is 5.91 Å². The van der Waals surface area contributed by atoms with Crippen LogP contribution in [0.4, 0.5) is 5.82 Å². The number of hydrogen-bond donors (Lipinski definition) is 0. The van der Waals surface area contributed by atoms with Gasteiger partial charge in [-0.2, -0.15) is 5.10 Å². The molecule has 138 valence electrons. The van der Waals surface area contributed by atoms with Crippen molar-refractivity contribution in [3.63, 3.8) is 0 Å². The molecule has 0 unspecified atom stereocenters. The van der Waals surface area contributed by atoms with Crippen molar-refractivity contribution in [1.29, 1.82) is 0 Å². The maximum absolute atomic E-state index is 12.3. The van der Waals surface area contributed by atoms with Gasteiger partial charge in [0.25, 0.3) is 0 Å². The van der Waals surface area contributed by atoms with E-state index in [1.807, 2.05) is 24.0 Å². The van der Waals surface area contributed by atoms with E-state index in [9.17, 15) is 4.79 Å². The molecule has 1 aromatic rings. The first-order valence-electron chi connectivity index (χ1n) is 9.24. The van der Waals surface area contributed by atoms with Crippen molar-refractivity contribution >= 4 is 11.7 Å². The lowest BCUT2D eigenvalue weighted by atomic mass is 10.0. The summed E-state index contributed by atoms with van der Waals surface area (Å²) in [4.78, 5) is 18.9. The topological polar surface area (TPSA) is 61.8 Å². The minimum Gasteiger partial charge on any atom is -0.378 e. The second kappa shape index (κ2) is 8.58. The maximum Gasteiger partial charge on any atom is 0.224 e. The first-order chi connectivity index (χ1) is 12.1. The summed E-state index contributed by atoms with van der Waals surface area (Å²) in [5, 5.41) is 8.49. The van der Waals surface area contributed by atoms with Gasteiger partial charge in [-0.3, -0.25) is 4.79 Å². The fourth-order valence-electron chi connectivity index (χ4n) is 3.51. The van der Waals surface area contributed by atoms with Gasteiger partial charge in [-0.05, 0) is 38.9 Å². The first kappa shape index (κ1) is 18.1. The number of piperidine rings is 1. The Morgan fingerprint density at radius 3 is 2.80 bits per heavy atom. The standard InChI is InChI=1S/C18H29N5O2/c1-15-5-6-17(20-19-15)23-8-3-4-16(14-23)21(2)9-7-18(24)22-10-12-25-13-11-22/h5-6,16H,3-4,7-14H2,1-2H3/t16-/m1/s1. The van der Waals surface area contributed by atoms with Gasteiger partial charge in [-0.25, -0.2) is 0 Å². The summed E-state index contributed by atoms with van der Waals surface area (Å²) < 4.78 is 5.31. The Labute approximate surface area is 149 Å². The lowest BCUT2D eigenvalue weighted by molar-refractivity contribution is -0.135. The molecular formula is C18H29N5O2. The van der Waals surface area contributed by atoms with Crippen LogP contribution in [0.5, 0.6) is 0 Å². The highest BCUT2D eigenvalue weighted by Gasteiger charge is 2.25. The van der Waals surface area contributed by atoms with Crippen molar-refractivity contribution in [1.82, 2.24) is 20.0 Å². The van der Waals surface area contributed by atoms with E-state index in [1.165, 1.54) is 0 Å². The normalized spacial score (nSPS) is 21.6. The van der Waals surface area contributed by atoms with E-state index in [1.54, 1.807) is 0 Å².